The molecule has 0 atom stereocenters. The second-order valence-corrected chi connectivity index (χ2v) is 4.82. The number of rotatable bonds is 3. The predicted molar refractivity (Wildman–Crippen MR) is 72.3 cm³/mol. The molecule has 0 N–H and O–H groups in total. The average molecular weight is 272 g/mol. The van der Waals surface area contributed by atoms with Gasteiger partial charge in [-0.15, -0.1) is 10.2 Å². The van der Waals surface area contributed by atoms with Crippen molar-refractivity contribution in [2.75, 3.05) is 6.61 Å². The van der Waals surface area contributed by atoms with Crippen molar-refractivity contribution in [2.45, 2.75) is 32.6 Å². The highest BCUT2D eigenvalue weighted by molar-refractivity contribution is 5.84. The Balaban J connectivity index is 1.87. The van der Waals surface area contributed by atoms with Crippen LogP contribution in [0.1, 0.15) is 41.6 Å². The van der Waals surface area contributed by atoms with Crippen LogP contribution in [0.15, 0.2) is 22.6 Å². The molecule has 104 valence electrons. The number of hydrogen-bond donors (Lipinski definition) is 0. The molecule has 5 heteroatoms. The molecule has 3 rings (SSSR count). The van der Waals surface area contributed by atoms with Crippen molar-refractivity contribution in [1.82, 2.24) is 10.2 Å². The molecule has 0 saturated heterocycles. The van der Waals surface area contributed by atoms with Crippen LogP contribution in [0.2, 0.25) is 0 Å². The van der Waals surface area contributed by atoms with E-state index in [1.54, 1.807) is 6.92 Å². The van der Waals surface area contributed by atoms with Gasteiger partial charge in [0.05, 0.1) is 6.61 Å². The SMILES string of the molecule is CCOC(=O)c1nnc(-c2ccc3c(c2)CCCC3)o1. The van der Waals surface area contributed by atoms with E-state index in [-0.39, 0.29) is 12.5 Å². The first kappa shape index (κ1) is 12.8. The van der Waals surface area contributed by atoms with Crippen LogP contribution in [0.3, 0.4) is 0 Å². The van der Waals surface area contributed by atoms with Crippen molar-refractivity contribution in [1.29, 1.82) is 0 Å². The Kier molecular flexibility index (Phi) is 3.50. The van der Waals surface area contributed by atoms with Crippen LogP contribution < -0.4 is 0 Å². The summed E-state index contributed by atoms with van der Waals surface area (Å²) in [5.74, 6) is -0.315. The maximum absolute atomic E-state index is 11.5. The Labute approximate surface area is 117 Å². The average Bonchev–Trinajstić information content (AvgIpc) is 2.97. The number of hydrogen-bond acceptors (Lipinski definition) is 5. The number of nitrogens with zero attached hydrogens (tertiary/aromatic N) is 2. The van der Waals surface area contributed by atoms with Gasteiger partial charge in [0.1, 0.15) is 0 Å². The maximum Gasteiger partial charge on any atom is 0.396 e. The van der Waals surface area contributed by atoms with E-state index in [4.69, 9.17) is 9.15 Å². The van der Waals surface area contributed by atoms with E-state index in [2.05, 4.69) is 22.3 Å². The largest absolute Gasteiger partial charge is 0.459 e. The van der Waals surface area contributed by atoms with Gasteiger partial charge in [-0.25, -0.2) is 4.79 Å². The summed E-state index contributed by atoms with van der Waals surface area (Å²) >= 11 is 0. The van der Waals surface area contributed by atoms with E-state index in [1.807, 2.05) is 6.07 Å². The van der Waals surface area contributed by atoms with Crippen molar-refractivity contribution in [2.24, 2.45) is 0 Å². The van der Waals surface area contributed by atoms with Crippen molar-refractivity contribution < 1.29 is 13.9 Å². The summed E-state index contributed by atoms with van der Waals surface area (Å²) in [7, 11) is 0. The van der Waals surface area contributed by atoms with Crippen molar-refractivity contribution in [3.05, 3.63) is 35.2 Å². The third-order valence-electron chi connectivity index (χ3n) is 3.47. The molecule has 0 aliphatic heterocycles. The second kappa shape index (κ2) is 5.45. The molecule has 2 aromatic rings. The monoisotopic (exact) mass is 272 g/mol. The lowest BCUT2D eigenvalue weighted by Crippen LogP contribution is -2.04. The number of benzene rings is 1. The van der Waals surface area contributed by atoms with Gasteiger partial charge in [0.25, 0.3) is 0 Å². The number of esters is 1. The fourth-order valence-corrected chi connectivity index (χ4v) is 2.48. The number of fused-ring (bicyclic) bond motifs is 1. The van der Waals surface area contributed by atoms with Gasteiger partial charge in [0, 0.05) is 5.56 Å². The van der Waals surface area contributed by atoms with E-state index in [0.29, 0.717) is 5.89 Å². The highest BCUT2D eigenvalue weighted by atomic mass is 16.5. The van der Waals surface area contributed by atoms with Crippen molar-refractivity contribution in [3.63, 3.8) is 0 Å². The normalized spacial score (nSPS) is 13.8. The molecule has 20 heavy (non-hydrogen) atoms. The zero-order valence-electron chi connectivity index (χ0n) is 11.4. The molecule has 0 fully saturated rings. The standard InChI is InChI=1S/C15H16N2O3/c1-2-19-15(18)14-17-16-13(20-14)12-8-7-10-5-3-4-6-11(10)9-12/h7-9H,2-6H2,1H3. The van der Waals surface area contributed by atoms with E-state index in [9.17, 15) is 4.79 Å². The maximum atomic E-state index is 11.5. The lowest BCUT2D eigenvalue weighted by atomic mass is 9.90. The molecule has 1 aliphatic carbocycles. The number of aryl methyl sites for hydroxylation is 2. The summed E-state index contributed by atoms with van der Waals surface area (Å²) in [6, 6.07) is 6.15. The summed E-state index contributed by atoms with van der Waals surface area (Å²) in [6.07, 6.45) is 4.68. The van der Waals surface area contributed by atoms with Gasteiger partial charge < -0.3 is 9.15 Å². The minimum atomic E-state index is -0.579. The molecular weight excluding hydrogens is 256 g/mol. The van der Waals surface area contributed by atoms with Gasteiger partial charge in [-0.2, -0.15) is 0 Å². The van der Waals surface area contributed by atoms with Crippen LogP contribution in [0.25, 0.3) is 11.5 Å². The Bertz CT molecular complexity index is 634. The smallest absolute Gasteiger partial charge is 0.396 e. The number of carbonyl (C=O) groups excluding carboxylic acids is 1. The summed E-state index contributed by atoms with van der Waals surface area (Å²) in [6.45, 7) is 2.02. The van der Waals surface area contributed by atoms with E-state index >= 15 is 0 Å². The summed E-state index contributed by atoms with van der Waals surface area (Å²) in [5.41, 5.74) is 3.59. The summed E-state index contributed by atoms with van der Waals surface area (Å²) < 4.78 is 10.2. The Morgan fingerprint density at radius 1 is 1.25 bits per heavy atom. The first-order chi connectivity index (χ1) is 9.78. The Morgan fingerprint density at radius 2 is 2.05 bits per heavy atom. The fraction of sp³-hybridized carbons (Fsp3) is 0.400. The molecule has 1 aromatic carbocycles. The second-order valence-electron chi connectivity index (χ2n) is 4.82. The van der Waals surface area contributed by atoms with Crippen LogP contribution in [0.5, 0.6) is 0 Å². The molecule has 0 unspecified atom stereocenters. The van der Waals surface area contributed by atoms with Gasteiger partial charge in [0.15, 0.2) is 0 Å². The van der Waals surface area contributed by atoms with Crippen LogP contribution >= 0.6 is 0 Å². The number of aromatic nitrogens is 2. The topological polar surface area (TPSA) is 65.2 Å². The molecule has 5 nitrogen and oxygen atoms in total. The van der Waals surface area contributed by atoms with Crippen LogP contribution in [0, 0.1) is 0 Å². The molecule has 0 bridgehead atoms. The van der Waals surface area contributed by atoms with Gasteiger partial charge in [-0.3, -0.25) is 0 Å². The Hall–Kier alpha value is -2.17. The number of ether oxygens (including phenoxy) is 1. The minimum Gasteiger partial charge on any atom is -0.459 e. The van der Waals surface area contributed by atoms with Crippen LogP contribution in [-0.4, -0.2) is 22.8 Å². The first-order valence-electron chi connectivity index (χ1n) is 6.90. The van der Waals surface area contributed by atoms with Gasteiger partial charge in [-0.1, -0.05) is 6.07 Å². The van der Waals surface area contributed by atoms with E-state index < -0.39 is 5.97 Å². The molecule has 0 amide bonds. The third-order valence-corrected chi connectivity index (χ3v) is 3.47. The molecule has 1 heterocycles. The third kappa shape index (κ3) is 2.43. The summed E-state index contributed by atoms with van der Waals surface area (Å²) in [5, 5.41) is 7.65. The lowest BCUT2D eigenvalue weighted by Gasteiger charge is -2.15. The highest BCUT2D eigenvalue weighted by Gasteiger charge is 2.18. The molecular formula is C15H16N2O3. The van der Waals surface area contributed by atoms with Crippen LogP contribution in [0.4, 0.5) is 0 Å². The lowest BCUT2D eigenvalue weighted by molar-refractivity contribution is 0.0481. The van der Waals surface area contributed by atoms with Gasteiger partial charge in [0.2, 0.25) is 5.89 Å². The van der Waals surface area contributed by atoms with Crippen LogP contribution in [-0.2, 0) is 17.6 Å². The first-order valence-corrected chi connectivity index (χ1v) is 6.90. The predicted octanol–water partition coefficient (Wildman–Crippen LogP) is 2.79. The van der Waals surface area contributed by atoms with Crippen molar-refractivity contribution >= 4 is 5.97 Å². The fourth-order valence-electron chi connectivity index (χ4n) is 2.48. The molecule has 0 saturated carbocycles. The van der Waals surface area contributed by atoms with E-state index in [1.165, 1.54) is 24.0 Å². The zero-order valence-corrected chi connectivity index (χ0v) is 11.4. The summed E-state index contributed by atoms with van der Waals surface area (Å²) in [4.78, 5) is 11.5. The minimum absolute atomic E-state index is 0.0976. The van der Waals surface area contributed by atoms with E-state index in [0.717, 1.165) is 18.4 Å². The molecule has 1 aromatic heterocycles. The Morgan fingerprint density at radius 3 is 2.85 bits per heavy atom. The van der Waals surface area contributed by atoms with Gasteiger partial charge in [-0.05, 0) is 55.9 Å². The zero-order chi connectivity index (χ0) is 13.9. The quantitative estimate of drug-likeness (QED) is 0.804. The molecule has 1 aliphatic rings. The highest BCUT2D eigenvalue weighted by Crippen LogP contribution is 2.26. The molecule has 0 spiro atoms. The number of carbonyl (C=O) groups is 1. The van der Waals surface area contributed by atoms with Gasteiger partial charge >= 0.3 is 11.9 Å². The van der Waals surface area contributed by atoms with Crippen molar-refractivity contribution in [3.8, 4) is 11.5 Å². The molecule has 0 radical (unpaired) electrons.